The van der Waals surface area contributed by atoms with Crippen LogP contribution in [0.25, 0.3) is 5.69 Å². The lowest BCUT2D eigenvalue weighted by atomic mass is 10.1. The quantitative estimate of drug-likeness (QED) is 0.770. The van der Waals surface area contributed by atoms with Crippen LogP contribution in [0.4, 0.5) is 14.6 Å². The van der Waals surface area contributed by atoms with Gasteiger partial charge in [0.15, 0.2) is 15.7 Å². The molecule has 1 saturated heterocycles. The molecular weight excluding hydrogens is 390 g/mol. The van der Waals surface area contributed by atoms with Gasteiger partial charge in [0.25, 0.3) is 6.43 Å². The third-order valence-electron chi connectivity index (χ3n) is 4.60. The monoisotopic (exact) mass is 410 g/mol. The Morgan fingerprint density at radius 2 is 1.93 bits per heavy atom. The molecule has 0 bridgehead atoms. The van der Waals surface area contributed by atoms with Crippen molar-refractivity contribution in [3.63, 3.8) is 0 Å². The minimum absolute atomic E-state index is 0.105. The zero-order valence-electron chi connectivity index (χ0n) is 15.6. The van der Waals surface area contributed by atoms with E-state index in [1.165, 1.54) is 28.9 Å². The van der Waals surface area contributed by atoms with Crippen LogP contribution in [-0.2, 0) is 14.6 Å². The van der Waals surface area contributed by atoms with Crippen molar-refractivity contribution in [2.24, 2.45) is 0 Å². The van der Waals surface area contributed by atoms with Crippen LogP contribution in [0.5, 0.6) is 0 Å². The number of halogens is 2. The molecule has 0 unspecified atom stereocenters. The fourth-order valence-corrected chi connectivity index (χ4v) is 3.79. The molecule has 0 amide bonds. The van der Waals surface area contributed by atoms with E-state index in [-0.39, 0.29) is 28.4 Å². The average molecular weight is 410 g/mol. The summed E-state index contributed by atoms with van der Waals surface area (Å²) >= 11 is 0. The Bertz CT molecular complexity index is 1010. The second-order valence-electron chi connectivity index (χ2n) is 6.82. The van der Waals surface area contributed by atoms with E-state index >= 15 is 0 Å². The molecule has 0 saturated carbocycles. The molecule has 7 nitrogen and oxygen atoms in total. The number of rotatable bonds is 4. The van der Waals surface area contributed by atoms with Crippen LogP contribution in [0.15, 0.2) is 29.2 Å². The topological polar surface area (TPSA) is 88.2 Å². The first kappa shape index (κ1) is 20.2. The third kappa shape index (κ3) is 3.72. The van der Waals surface area contributed by atoms with E-state index in [9.17, 15) is 22.5 Å². The maximum atomic E-state index is 13.5. The standard InChI is InChI=1S/C18H20F2N4O3S/c1-11-10-27-12(2)9-23(11)18-15(8-21)16(17(19)20)22-24(18)13-4-6-14(7-5-13)28(3,25)26/h4-7,11-12,17H,9-10H2,1-3H3/t11-,12-/m1/s1. The maximum Gasteiger partial charge on any atom is 0.283 e. The normalized spacial score (nSPS) is 20.4. The molecule has 2 atom stereocenters. The van der Waals surface area contributed by atoms with Crippen LogP contribution in [0.2, 0.25) is 0 Å². The van der Waals surface area contributed by atoms with Crippen LogP contribution >= 0.6 is 0 Å². The number of morpholine rings is 1. The van der Waals surface area contributed by atoms with Gasteiger partial charge in [0.05, 0.1) is 29.3 Å². The molecule has 3 rings (SSSR count). The Hall–Kier alpha value is -2.51. The van der Waals surface area contributed by atoms with Crippen molar-refractivity contribution in [2.75, 3.05) is 24.3 Å². The van der Waals surface area contributed by atoms with Crippen molar-refractivity contribution in [3.8, 4) is 11.8 Å². The summed E-state index contributed by atoms with van der Waals surface area (Å²) in [6, 6.07) is 7.45. The molecular formula is C18H20F2N4O3S. The second-order valence-corrected chi connectivity index (χ2v) is 8.84. The fourth-order valence-electron chi connectivity index (χ4n) is 3.16. The number of ether oxygens (including phenoxy) is 1. The summed E-state index contributed by atoms with van der Waals surface area (Å²) in [5.74, 6) is 0.257. The highest BCUT2D eigenvalue weighted by molar-refractivity contribution is 7.90. The third-order valence-corrected chi connectivity index (χ3v) is 5.72. The highest BCUT2D eigenvalue weighted by atomic mass is 32.2. The number of nitriles is 1. The molecule has 1 aromatic heterocycles. The number of benzene rings is 1. The van der Waals surface area contributed by atoms with Gasteiger partial charge in [-0.25, -0.2) is 21.9 Å². The lowest BCUT2D eigenvalue weighted by molar-refractivity contribution is 0.0338. The molecule has 2 heterocycles. The summed E-state index contributed by atoms with van der Waals surface area (Å²) in [4.78, 5) is 1.93. The number of aromatic nitrogens is 2. The van der Waals surface area contributed by atoms with E-state index in [4.69, 9.17) is 4.74 Å². The van der Waals surface area contributed by atoms with Gasteiger partial charge in [0, 0.05) is 12.8 Å². The summed E-state index contributed by atoms with van der Waals surface area (Å²) in [5.41, 5.74) is -0.406. The molecule has 1 aromatic carbocycles. The predicted octanol–water partition coefficient (Wildman–Crippen LogP) is 2.70. The molecule has 1 aliphatic heterocycles. The van der Waals surface area contributed by atoms with E-state index in [1.807, 2.05) is 24.8 Å². The summed E-state index contributed by atoms with van der Waals surface area (Å²) in [7, 11) is -3.40. The average Bonchev–Trinajstić information content (AvgIpc) is 3.02. The molecule has 150 valence electrons. The lowest BCUT2D eigenvalue weighted by Crippen LogP contribution is -2.48. The highest BCUT2D eigenvalue weighted by Gasteiger charge is 2.33. The first-order chi connectivity index (χ1) is 13.1. The van der Waals surface area contributed by atoms with Crippen molar-refractivity contribution in [1.82, 2.24) is 9.78 Å². The minimum atomic E-state index is -3.40. The van der Waals surface area contributed by atoms with Crippen LogP contribution in [0, 0.1) is 11.3 Å². The predicted molar refractivity (Wildman–Crippen MR) is 98.6 cm³/mol. The van der Waals surface area contributed by atoms with E-state index in [0.29, 0.717) is 18.8 Å². The number of alkyl halides is 2. The van der Waals surface area contributed by atoms with E-state index < -0.39 is 22.0 Å². The number of sulfone groups is 1. The summed E-state index contributed by atoms with van der Waals surface area (Å²) in [6.07, 6.45) is -1.98. The van der Waals surface area contributed by atoms with Crippen LogP contribution < -0.4 is 4.90 Å². The van der Waals surface area contributed by atoms with Gasteiger partial charge >= 0.3 is 0 Å². The molecule has 10 heteroatoms. The first-order valence-electron chi connectivity index (χ1n) is 8.63. The van der Waals surface area contributed by atoms with Gasteiger partial charge in [-0.2, -0.15) is 10.4 Å². The number of hydrogen-bond donors (Lipinski definition) is 0. The van der Waals surface area contributed by atoms with Gasteiger partial charge < -0.3 is 9.64 Å². The van der Waals surface area contributed by atoms with Crippen molar-refractivity contribution >= 4 is 15.7 Å². The Labute approximate surface area is 162 Å². The largest absolute Gasteiger partial charge is 0.375 e. The molecule has 1 fully saturated rings. The Balaban J connectivity index is 2.19. The first-order valence-corrected chi connectivity index (χ1v) is 10.5. The minimum Gasteiger partial charge on any atom is -0.375 e. The Morgan fingerprint density at radius 3 is 2.46 bits per heavy atom. The zero-order chi connectivity index (χ0) is 20.6. The molecule has 0 spiro atoms. The van der Waals surface area contributed by atoms with E-state index in [1.54, 1.807) is 0 Å². The molecule has 0 radical (unpaired) electrons. The van der Waals surface area contributed by atoms with Crippen molar-refractivity contribution < 1.29 is 21.9 Å². The second kappa shape index (κ2) is 7.48. The maximum absolute atomic E-state index is 13.5. The summed E-state index contributed by atoms with van der Waals surface area (Å²) in [6.45, 7) is 4.53. The van der Waals surface area contributed by atoms with Crippen molar-refractivity contribution in [3.05, 3.63) is 35.5 Å². The Kier molecular flexibility index (Phi) is 5.41. The molecule has 28 heavy (non-hydrogen) atoms. The zero-order valence-corrected chi connectivity index (χ0v) is 16.4. The van der Waals surface area contributed by atoms with Crippen molar-refractivity contribution in [2.45, 2.75) is 37.3 Å². The smallest absolute Gasteiger partial charge is 0.283 e. The van der Waals surface area contributed by atoms with Gasteiger partial charge in [-0.15, -0.1) is 0 Å². The van der Waals surface area contributed by atoms with Crippen molar-refractivity contribution in [1.29, 1.82) is 5.26 Å². The van der Waals surface area contributed by atoms with Crippen LogP contribution in [0.1, 0.15) is 31.5 Å². The Morgan fingerprint density at radius 1 is 1.29 bits per heavy atom. The van der Waals surface area contributed by atoms with E-state index in [2.05, 4.69) is 5.10 Å². The van der Waals surface area contributed by atoms with Gasteiger partial charge in [0.1, 0.15) is 17.3 Å². The molecule has 2 aromatic rings. The highest BCUT2D eigenvalue weighted by Crippen LogP contribution is 2.34. The van der Waals surface area contributed by atoms with Crippen LogP contribution in [0.3, 0.4) is 0 Å². The van der Waals surface area contributed by atoms with Gasteiger partial charge in [0.2, 0.25) is 0 Å². The summed E-state index contributed by atoms with van der Waals surface area (Å²) < 4.78 is 57.3. The molecule has 0 aliphatic carbocycles. The number of nitrogens with zero attached hydrogens (tertiary/aromatic N) is 4. The van der Waals surface area contributed by atoms with Gasteiger partial charge in [-0.1, -0.05) is 0 Å². The van der Waals surface area contributed by atoms with Gasteiger partial charge in [-0.3, -0.25) is 0 Å². The SMILES string of the molecule is C[C@@H]1CN(c2c(C#N)c(C(F)F)nn2-c2ccc(S(C)(=O)=O)cc2)[C@H](C)CO1. The molecule has 1 aliphatic rings. The summed E-state index contributed by atoms with van der Waals surface area (Å²) in [5, 5.41) is 13.6. The van der Waals surface area contributed by atoms with Crippen LogP contribution in [-0.4, -0.2) is 49.8 Å². The van der Waals surface area contributed by atoms with Gasteiger partial charge in [-0.05, 0) is 38.1 Å². The number of hydrogen-bond acceptors (Lipinski definition) is 6. The van der Waals surface area contributed by atoms with E-state index in [0.717, 1.165) is 6.26 Å². The molecule has 0 N–H and O–H groups in total. The number of anilines is 1. The fraction of sp³-hybridized carbons (Fsp3) is 0.444. The lowest BCUT2D eigenvalue weighted by Gasteiger charge is -2.38.